The van der Waals surface area contributed by atoms with Crippen molar-refractivity contribution >= 4 is 11.8 Å². The summed E-state index contributed by atoms with van der Waals surface area (Å²) in [6.45, 7) is 5.48. The van der Waals surface area contributed by atoms with Crippen molar-refractivity contribution in [2.24, 2.45) is 5.92 Å². The second kappa shape index (κ2) is 8.60. The lowest BCUT2D eigenvalue weighted by atomic mass is 9.86. The number of alkyl halides is 3. The molecule has 6 nitrogen and oxygen atoms in total. The summed E-state index contributed by atoms with van der Waals surface area (Å²) in [5.74, 6) is -0.175. The Hall–Kier alpha value is -2.84. The van der Waals surface area contributed by atoms with Gasteiger partial charge in [-0.15, -0.1) is 0 Å². The van der Waals surface area contributed by atoms with Crippen molar-refractivity contribution in [3.8, 4) is 0 Å². The van der Waals surface area contributed by atoms with Crippen molar-refractivity contribution < 1.29 is 22.8 Å². The van der Waals surface area contributed by atoms with Gasteiger partial charge in [-0.2, -0.15) is 18.3 Å². The Morgan fingerprint density at radius 2 is 1.81 bits per heavy atom. The van der Waals surface area contributed by atoms with E-state index in [-0.39, 0.29) is 23.7 Å². The summed E-state index contributed by atoms with van der Waals surface area (Å²) in [5, 5.41) is 7.08. The topological polar surface area (TPSA) is 69.3 Å². The molecule has 2 aromatic rings. The number of aromatic amines is 1. The predicted molar refractivity (Wildman–Crippen MR) is 112 cm³/mol. The smallest absolute Gasteiger partial charge is 0.337 e. The Bertz CT molecular complexity index is 1010. The van der Waals surface area contributed by atoms with Gasteiger partial charge in [0.1, 0.15) is 0 Å². The van der Waals surface area contributed by atoms with E-state index in [0.717, 1.165) is 17.3 Å². The van der Waals surface area contributed by atoms with Crippen LogP contribution in [0.5, 0.6) is 0 Å². The number of aromatic nitrogens is 2. The lowest BCUT2D eigenvalue weighted by Crippen LogP contribution is -2.39. The van der Waals surface area contributed by atoms with E-state index in [1.807, 2.05) is 13.8 Å². The molecular weight excluding hydrogens is 421 g/mol. The number of benzene rings is 1. The number of carbonyl (C=O) groups is 2. The van der Waals surface area contributed by atoms with Crippen LogP contribution in [-0.2, 0) is 24.1 Å². The number of rotatable bonds is 4. The fourth-order valence-corrected chi connectivity index (χ4v) is 4.63. The molecule has 1 saturated heterocycles. The van der Waals surface area contributed by atoms with Crippen LogP contribution < -0.4 is 0 Å². The van der Waals surface area contributed by atoms with Crippen molar-refractivity contribution in [2.45, 2.75) is 58.3 Å². The van der Waals surface area contributed by atoms with Gasteiger partial charge in [0.2, 0.25) is 5.91 Å². The maximum Gasteiger partial charge on any atom is 0.416 e. The van der Waals surface area contributed by atoms with Crippen LogP contribution in [-0.4, -0.2) is 44.9 Å². The number of fused-ring (bicyclic) bond motifs is 1. The molecule has 1 aromatic carbocycles. The Labute approximate surface area is 184 Å². The largest absolute Gasteiger partial charge is 0.416 e. The van der Waals surface area contributed by atoms with Crippen LogP contribution in [0.2, 0.25) is 0 Å². The molecule has 0 atom stereocenters. The van der Waals surface area contributed by atoms with E-state index < -0.39 is 11.7 Å². The van der Waals surface area contributed by atoms with E-state index in [1.165, 1.54) is 12.1 Å². The minimum absolute atomic E-state index is 0.0483. The fraction of sp³-hybridized carbons (Fsp3) is 0.522. The van der Waals surface area contributed by atoms with Gasteiger partial charge in [-0.3, -0.25) is 14.7 Å². The van der Waals surface area contributed by atoms with Crippen LogP contribution in [0.3, 0.4) is 0 Å². The summed E-state index contributed by atoms with van der Waals surface area (Å²) in [4.78, 5) is 28.9. The zero-order valence-corrected chi connectivity index (χ0v) is 18.2. The molecule has 172 valence electrons. The first-order valence-corrected chi connectivity index (χ1v) is 10.9. The molecule has 0 spiro atoms. The predicted octanol–water partition coefficient (Wildman–Crippen LogP) is 4.34. The van der Waals surface area contributed by atoms with Crippen LogP contribution in [0.1, 0.15) is 71.9 Å². The van der Waals surface area contributed by atoms with E-state index >= 15 is 0 Å². The van der Waals surface area contributed by atoms with E-state index in [2.05, 4.69) is 10.2 Å². The Morgan fingerprint density at radius 1 is 1.12 bits per heavy atom. The zero-order chi connectivity index (χ0) is 23.0. The average molecular weight is 448 g/mol. The van der Waals surface area contributed by atoms with Crippen LogP contribution in [0.15, 0.2) is 24.3 Å². The van der Waals surface area contributed by atoms with Crippen molar-refractivity contribution in [1.82, 2.24) is 20.0 Å². The highest BCUT2D eigenvalue weighted by Gasteiger charge is 2.37. The van der Waals surface area contributed by atoms with Gasteiger partial charge < -0.3 is 9.80 Å². The van der Waals surface area contributed by atoms with Crippen LogP contribution in [0.4, 0.5) is 13.2 Å². The van der Waals surface area contributed by atoms with Crippen LogP contribution >= 0.6 is 0 Å². The maximum absolute atomic E-state index is 13.4. The molecule has 0 saturated carbocycles. The van der Waals surface area contributed by atoms with Gasteiger partial charge in [-0.25, -0.2) is 0 Å². The van der Waals surface area contributed by atoms with Crippen molar-refractivity contribution in [3.05, 3.63) is 52.3 Å². The number of amides is 2. The highest BCUT2D eigenvalue weighted by Crippen LogP contribution is 2.39. The molecule has 0 bridgehead atoms. The highest BCUT2D eigenvalue weighted by molar-refractivity contribution is 5.94. The van der Waals surface area contributed by atoms with E-state index in [1.54, 1.807) is 15.9 Å². The van der Waals surface area contributed by atoms with Crippen LogP contribution in [0, 0.1) is 5.92 Å². The molecule has 0 aliphatic carbocycles. The number of carbonyl (C=O) groups excluding carboxylic acids is 2. The standard InChI is InChI=1S/C23H27F3N4O2/c1-14(2)11-20(31)30-12-17-19(13-30)27-28-21(17)22(32)29-9-7-15(8-10-29)16-5-3-4-6-18(16)23(24,25)26/h3-6,14-15H,7-13H2,1-2H3,(H,27,28). The molecule has 32 heavy (non-hydrogen) atoms. The first-order chi connectivity index (χ1) is 15.1. The Balaban J connectivity index is 1.42. The zero-order valence-electron chi connectivity index (χ0n) is 18.2. The van der Waals surface area contributed by atoms with Crippen molar-refractivity contribution in [2.75, 3.05) is 13.1 Å². The third-order valence-electron chi connectivity index (χ3n) is 6.28. The first-order valence-electron chi connectivity index (χ1n) is 10.9. The molecule has 0 radical (unpaired) electrons. The van der Waals surface area contributed by atoms with Crippen LogP contribution in [0.25, 0.3) is 0 Å². The molecule has 2 amide bonds. The number of halogens is 3. The average Bonchev–Trinajstić information content (AvgIpc) is 3.33. The number of likely N-dealkylation sites (tertiary alicyclic amines) is 1. The van der Waals surface area contributed by atoms with Gasteiger partial charge in [0, 0.05) is 25.1 Å². The van der Waals surface area contributed by atoms with E-state index in [9.17, 15) is 22.8 Å². The van der Waals surface area contributed by atoms with Gasteiger partial charge >= 0.3 is 6.18 Å². The molecule has 2 aliphatic heterocycles. The lowest BCUT2D eigenvalue weighted by molar-refractivity contribution is -0.138. The minimum atomic E-state index is -4.39. The second-order valence-corrected chi connectivity index (χ2v) is 9.03. The van der Waals surface area contributed by atoms with Gasteiger partial charge in [0.05, 0.1) is 24.3 Å². The summed E-state index contributed by atoms with van der Waals surface area (Å²) in [6, 6.07) is 5.68. The molecule has 3 heterocycles. The van der Waals surface area contributed by atoms with Gasteiger partial charge in [-0.05, 0) is 36.3 Å². The van der Waals surface area contributed by atoms with E-state index in [4.69, 9.17) is 0 Å². The first kappa shape index (κ1) is 22.4. The summed E-state index contributed by atoms with van der Waals surface area (Å²) in [7, 11) is 0. The monoisotopic (exact) mass is 448 g/mol. The molecule has 0 unspecified atom stereocenters. The molecule has 9 heteroatoms. The number of hydrogen-bond donors (Lipinski definition) is 1. The number of nitrogens with one attached hydrogen (secondary N) is 1. The second-order valence-electron chi connectivity index (χ2n) is 9.03. The van der Waals surface area contributed by atoms with Gasteiger partial charge in [0.15, 0.2) is 5.69 Å². The third kappa shape index (κ3) is 4.38. The summed E-state index contributed by atoms with van der Waals surface area (Å²) < 4.78 is 40.1. The molecule has 4 rings (SSSR count). The number of nitrogens with zero attached hydrogens (tertiary/aromatic N) is 3. The van der Waals surface area contributed by atoms with Crippen molar-refractivity contribution in [1.29, 1.82) is 0 Å². The number of hydrogen-bond acceptors (Lipinski definition) is 3. The number of piperidine rings is 1. The molecule has 1 N–H and O–H groups in total. The maximum atomic E-state index is 13.4. The summed E-state index contributed by atoms with van der Waals surface area (Å²) >= 11 is 0. The van der Waals surface area contributed by atoms with Gasteiger partial charge in [0.25, 0.3) is 5.91 Å². The quantitative estimate of drug-likeness (QED) is 0.757. The Morgan fingerprint density at radius 3 is 2.47 bits per heavy atom. The lowest BCUT2D eigenvalue weighted by Gasteiger charge is -2.33. The molecule has 1 aromatic heterocycles. The minimum Gasteiger partial charge on any atom is -0.337 e. The fourth-order valence-electron chi connectivity index (χ4n) is 4.63. The molecular formula is C23H27F3N4O2. The Kier molecular flexibility index (Phi) is 6.01. The SMILES string of the molecule is CC(C)CC(=O)N1Cc2[nH]nc(C(=O)N3CCC(c4ccccc4C(F)(F)F)CC3)c2C1. The van der Waals surface area contributed by atoms with Gasteiger partial charge in [-0.1, -0.05) is 32.0 Å². The van der Waals surface area contributed by atoms with E-state index in [0.29, 0.717) is 56.7 Å². The third-order valence-corrected chi connectivity index (χ3v) is 6.28. The summed E-state index contributed by atoms with van der Waals surface area (Å²) in [5.41, 5.74) is 1.54. The highest BCUT2D eigenvalue weighted by atomic mass is 19.4. The summed E-state index contributed by atoms with van der Waals surface area (Å²) in [6.07, 6.45) is -3.01. The van der Waals surface area contributed by atoms with Crippen molar-refractivity contribution in [3.63, 3.8) is 0 Å². The normalized spacial score (nSPS) is 17.2. The number of H-pyrrole nitrogens is 1. The molecule has 1 fully saturated rings. The molecule has 2 aliphatic rings.